The molecule has 0 saturated heterocycles. The van der Waals surface area contributed by atoms with E-state index in [1.807, 2.05) is 22.9 Å². The lowest BCUT2D eigenvalue weighted by Gasteiger charge is -2.69. The van der Waals surface area contributed by atoms with E-state index in [4.69, 9.17) is 21.1 Å². The third-order valence-electron chi connectivity index (χ3n) is 7.52. The van der Waals surface area contributed by atoms with Crippen molar-refractivity contribution in [2.75, 3.05) is 6.61 Å². The molecule has 1 heterocycles. The van der Waals surface area contributed by atoms with Crippen LogP contribution in [0.15, 0.2) is 54.7 Å². The fourth-order valence-electron chi connectivity index (χ4n) is 5.62. The minimum absolute atomic E-state index is 0.0126. The second-order valence-corrected chi connectivity index (χ2v) is 10.5. The van der Waals surface area contributed by atoms with Crippen molar-refractivity contribution in [2.45, 2.75) is 61.8 Å². The van der Waals surface area contributed by atoms with E-state index in [0.29, 0.717) is 12.6 Å². The van der Waals surface area contributed by atoms with E-state index in [1.165, 1.54) is 23.8 Å². The van der Waals surface area contributed by atoms with Gasteiger partial charge in [0, 0.05) is 23.2 Å². The Morgan fingerprint density at radius 1 is 1.17 bits per heavy atom. The predicted molar refractivity (Wildman–Crippen MR) is 127 cm³/mol. The minimum Gasteiger partial charge on any atom is -0.484 e. The number of benzene rings is 2. The van der Waals surface area contributed by atoms with Gasteiger partial charge in [0.2, 0.25) is 0 Å². The van der Waals surface area contributed by atoms with Gasteiger partial charge in [0.15, 0.2) is 6.61 Å². The van der Waals surface area contributed by atoms with Gasteiger partial charge in [-0.2, -0.15) is 0 Å². The molecule has 1 aromatic heterocycles. The van der Waals surface area contributed by atoms with Gasteiger partial charge < -0.3 is 14.8 Å². The molecule has 4 aliphatic rings. The number of hydrogen-bond donors (Lipinski definition) is 1. The van der Waals surface area contributed by atoms with Crippen molar-refractivity contribution in [2.24, 2.45) is 0 Å². The summed E-state index contributed by atoms with van der Waals surface area (Å²) in [5.74, 6) is -0.513. The number of hydrogen-bond acceptors (Lipinski definition) is 5. The van der Waals surface area contributed by atoms with Crippen LogP contribution in [-0.2, 0) is 21.6 Å². The van der Waals surface area contributed by atoms with Crippen molar-refractivity contribution < 1.29 is 18.7 Å². The van der Waals surface area contributed by atoms with E-state index in [1.54, 1.807) is 0 Å². The molecule has 4 saturated carbocycles. The maximum atomic E-state index is 13.5. The molecule has 0 radical (unpaired) electrons. The molecule has 3 aromatic rings. The Kier molecular flexibility index (Phi) is 5.53. The first kappa shape index (κ1) is 22.5. The first-order valence-electron chi connectivity index (χ1n) is 11.9. The maximum Gasteiger partial charge on any atom is 0.258 e. The van der Waals surface area contributed by atoms with Gasteiger partial charge in [0.05, 0.1) is 29.5 Å². The zero-order chi connectivity index (χ0) is 24.0. The molecule has 182 valence electrons. The first-order chi connectivity index (χ1) is 16.9. The standard InChI is InChI=1S/C26H26ClFN4O3/c27-21-7-6-19(10-22(21)28)35-13-24(33)29-26-14-25(15-26,16-26)23-11-32(31-30-23)18-8-20(9-18)34-12-17-4-2-1-3-5-17/h1-7,10-11,18,20H,8-9,12-16H2,(H,29,33). The highest BCUT2D eigenvalue weighted by atomic mass is 35.5. The first-order valence-corrected chi connectivity index (χ1v) is 12.3. The molecule has 1 N–H and O–H groups in total. The number of nitrogens with one attached hydrogen (secondary N) is 1. The average molecular weight is 497 g/mol. The van der Waals surface area contributed by atoms with Crippen LogP contribution in [0.25, 0.3) is 0 Å². The van der Waals surface area contributed by atoms with E-state index in [-0.39, 0.29) is 40.3 Å². The zero-order valence-corrected chi connectivity index (χ0v) is 19.9. The normalized spacial score (nSPS) is 28.4. The van der Waals surface area contributed by atoms with Gasteiger partial charge >= 0.3 is 0 Å². The van der Waals surface area contributed by atoms with Crippen molar-refractivity contribution in [3.63, 3.8) is 0 Å². The minimum atomic E-state index is -0.573. The third-order valence-corrected chi connectivity index (χ3v) is 7.83. The van der Waals surface area contributed by atoms with E-state index in [9.17, 15) is 9.18 Å². The van der Waals surface area contributed by atoms with Crippen LogP contribution >= 0.6 is 11.6 Å². The van der Waals surface area contributed by atoms with Gasteiger partial charge in [-0.15, -0.1) is 5.10 Å². The monoisotopic (exact) mass is 496 g/mol. The summed E-state index contributed by atoms with van der Waals surface area (Å²) in [6.07, 6.45) is 6.78. The smallest absolute Gasteiger partial charge is 0.258 e. The summed E-state index contributed by atoms with van der Waals surface area (Å²) in [5.41, 5.74) is 2.02. The van der Waals surface area contributed by atoms with Crippen LogP contribution in [0.4, 0.5) is 4.39 Å². The number of ether oxygens (including phenoxy) is 2. The van der Waals surface area contributed by atoms with Crippen molar-refractivity contribution in [1.82, 2.24) is 20.3 Å². The maximum absolute atomic E-state index is 13.5. The second kappa shape index (κ2) is 8.60. The number of rotatable bonds is 9. The van der Waals surface area contributed by atoms with E-state index in [0.717, 1.165) is 37.8 Å². The number of carbonyl (C=O) groups excluding carboxylic acids is 1. The van der Waals surface area contributed by atoms with Gasteiger partial charge in [-0.1, -0.05) is 47.1 Å². The highest BCUT2D eigenvalue weighted by molar-refractivity contribution is 6.30. The van der Waals surface area contributed by atoms with Crippen molar-refractivity contribution in [3.8, 4) is 5.75 Å². The molecular formula is C26H26ClFN4O3. The van der Waals surface area contributed by atoms with Crippen LogP contribution in [0.3, 0.4) is 0 Å². The van der Waals surface area contributed by atoms with E-state index < -0.39 is 5.82 Å². The molecular weight excluding hydrogens is 471 g/mol. The molecule has 4 fully saturated rings. The lowest BCUT2D eigenvalue weighted by molar-refractivity contribution is -0.140. The Bertz CT molecular complexity index is 1220. The molecule has 35 heavy (non-hydrogen) atoms. The highest BCUT2D eigenvalue weighted by Gasteiger charge is 2.70. The van der Waals surface area contributed by atoms with E-state index >= 15 is 0 Å². The van der Waals surface area contributed by atoms with Gasteiger partial charge in [-0.3, -0.25) is 4.79 Å². The fourth-order valence-corrected chi connectivity index (χ4v) is 5.73. The summed E-state index contributed by atoms with van der Waals surface area (Å²) in [5, 5.41) is 11.9. The van der Waals surface area contributed by atoms with Crippen molar-refractivity contribution in [3.05, 3.63) is 76.8 Å². The fraction of sp³-hybridized carbons (Fsp3) is 0.423. The molecule has 7 nitrogen and oxygen atoms in total. The Hall–Kier alpha value is -2.97. The van der Waals surface area contributed by atoms with Gasteiger partial charge in [0.1, 0.15) is 11.6 Å². The van der Waals surface area contributed by atoms with Crippen molar-refractivity contribution in [1.29, 1.82) is 0 Å². The molecule has 0 atom stereocenters. The summed E-state index contributed by atoms with van der Waals surface area (Å²) >= 11 is 5.67. The van der Waals surface area contributed by atoms with Gasteiger partial charge in [0.25, 0.3) is 5.91 Å². The quantitative estimate of drug-likeness (QED) is 0.476. The van der Waals surface area contributed by atoms with Crippen LogP contribution in [0.1, 0.15) is 49.4 Å². The molecule has 2 bridgehead atoms. The topological polar surface area (TPSA) is 78.3 Å². The average Bonchev–Trinajstić information content (AvgIpc) is 3.25. The molecule has 1 amide bonds. The molecule has 2 aromatic carbocycles. The van der Waals surface area contributed by atoms with Crippen LogP contribution in [-0.4, -0.2) is 39.2 Å². The number of carbonyl (C=O) groups is 1. The lowest BCUT2D eigenvalue weighted by Crippen LogP contribution is -2.77. The summed E-state index contributed by atoms with van der Waals surface area (Å²) in [4.78, 5) is 12.4. The Morgan fingerprint density at radius 3 is 2.69 bits per heavy atom. The number of halogens is 2. The lowest BCUT2D eigenvalue weighted by atomic mass is 9.38. The molecule has 7 rings (SSSR count). The van der Waals surface area contributed by atoms with E-state index in [2.05, 4.69) is 34.0 Å². The molecule has 4 aliphatic carbocycles. The molecule has 9 heteroatoms. The van der Waals surface area contributed by atoms with Crippen LogP contribution in [0, 0.1) is 5.82 Å². The van der Waals surface area contributed by atoms with Crippen LogP contribution in [0.5, 0.6) is 5.75 Å². The number of nitrogens with zero attached hydrogens (tertiary/aromatic N) is 3. The number of amides is 1. The molecule has 0 spiro atoms. The van der Waals surface area contributed by atoms with Gasteiger partial charge in [-0.05, 0) is 49.8 Å². The SMILES string of the molecule is O=C(COc1ccc(Cl)c(F)c1)NC12CC(c3cn(C4CC(OCc5ccccc5)C4)nn3)(C1)C2. The summed E-state index contributed by atoms with van der Waals surface area (Å²) in [6, 6.07) is 14.7. The van der Waals surface area contributed by atoms with Crippen LogP contribution < -0.4 is 10.1 Å². The second-order valence-electron chi connectivity index (χ2n) is 10.1. The summed E-state index contributed by atoms with van der Waals surface area (Å²) in [6.45, 7) is 0.473. The zero-order valence-electron chi connectivity index (χ0n) is 19.1. The summed E-state index contributed by atoms with van der Waals surface area (Å²) in [7, 11) is 0. The largest absolute Gasteiger partial charge is 0.484 e. The Balaban J connectivity index is 0.947. The number of aromatic nitrogens is 3. The third kappa shape index (κ3) is 4.29. The van der Waals surface area contributed by atoms with Crippen LogP contribution in [0.2, 0.25) is 5.02 Å². The Morgan fingerprint density at radius 2 is 1.94 bits per heavy atom. The highest BCUT2D eigenvalue weighted by Crippen LogP contribution is 2.67. The van der Waals surface area contributed by atoms with Gasteiger partial charge in [-0.25, -0.2) is 9.07 Å². The predicted octanol–water partition coefficient (Wildman–Crippen LogP) is 4.36. The molecule has 0 aliphatic heterocycles. The Labute approximate surface area is 207 Å². The van der Waals surface area contributed by atoms with Crippen molar-refractivity contribution >= 4 is 17.5 Å². The summed E-state index contributed by atoms with van der Waals surface area (Å²) < 4.78 is 26.9. The molecule has 0 unspecified atom stereocenters.